The molecule has 0 saturated heterocycles. The Balaban J connectivity index is 1.68. The van der Waals surface area contributed by atoms with Gasteiger partial charge in [-0.15, -0.1) is 5.10 Å². The van der Waals surface area contributed by atoms with Gasteiger partial charge in [-0.25, -0.2) is 9.48 Å². The predicted molar refractivity (Wildman–Crippen MR) is 120 cm³/mol. The van der Waals surface area contributed by atoms with E-state index in [-0.39, 0.29) is 18.2 Å². The van der Waals surface area contributed by atoms with E-state index in [2.05, 4.69) is 26.2 Å². The number of nitrogens with zero attached hydrogens (tertiary/aromatic N) is 3. The number of benzene rings is 3. The van der Waals surface area contributed by atoms with Gasteiger partial charge < -0.3 is 14.2 Å². The van der Waals surface area contributed by atoms with Gasteiger partial charge in [0.25, 0.3) is 5.88 Å². The first-order valence-corrected chi connectivity index (χ1v) is 10.5. The fourth-order valence-electron chi connectivity index (χ4n) is 3.11. The Morgan fingerprint density at radius 3 is 2.45 bits per heavy atom. The summed E-state index contributed by atoms with van der Waals surface area (Å²) in [4.78, 5) is 12.4. The number of carbonyl (C=O) groups excluding carboxylic acids is 1. The molecule has 8 heteroatoms. The molecule has 0 saturated carbocycles. The van der Waals surface area contributed by atoms with E-state index in [4.69, 9.17) is 14.2 Å². The summed E-state index contributed by atoms with van der Waals surface area (Å²) in [6, 6.07) is 19.2. The highest BCUT2D eigenvalue weighted by atomic mass is 79.9. The molecule has 4 aromatic rings. The van der Waals surface area contributed by atoms with Gasteiger partial charge in [-0.05, 0) is 59.7 Å². The molecule has 0 atom stereocenters. The molecule has 0 bridgehead atoms. The lowest BCUT2D eigenvalue weighted by Gasteiger charge is -2.11. The highest BCUT2D eigenvalue weighted by molar-refractivity contribution is 9.10. The van der Waals surface area contributed by atoms with Crippen LogP contribution in [0.4, 0.5) is 0 Å². The van der Waals surface area contributed by atoms with Crippen LogP contribution in [0.15, 0.2) is 65.1 Å². The third kappa shape index (κ3) is 4.69. The van der Waals surface area contributed by atoms with Crippen LogP contribution >= 0.6 is 15.9 Å². The SMILES string of the molecule is CCOC(=O)c1nnn(Cc2ccc(OC)cc2)c1Oc1ccc2cc(Br)ccc2c1. The number of hydrogen-bond donors (Lipinski definition) is 0. The van der Waals surface area contributed by atoms with Crippen LogP contribution in [0.25, 0.3) is 10.8 Å². The maximum atomic E-state index is 12.4. The molecule has 0 spiro atoms. The van der Waals surface area contributed by atoms with Crippen molar-refractivity contribution in [3.05, 3.63) is 76.4 Å². The first-order chi connectivity index (χ1) is 15.1. The monoisotopic (exact) mass is 481 g/mol. The van der Waals surface area contributed by atoms with Gasteiger partial charge in [0.05, 0.1) is 20.3 Å². The van der Waals surface area contributed by atoms with Gasteiger partial charge in [-0.1, -0.05) is 45.4 Å². The van der Waals surface area contributed by atoms with Crippen LogP contribution in [0.3, 0.4) is 0 Å². The Labute approximate surface area is 187 Å². The van der Waals surface area contributed by atoms with Gasteiger partial charge in [-0.3, -0.25) is 0 Å². The predicted octanol–water partition coefficient (Wildman–Crippen LogP) is 5.22. The average molecular weight is 482 g/mol. The lowest BCUT2D eigenvalue weighted by atomic mass is 10.1. The minimum Gasteiger partial charge on any atom is -0.497 e. The Morgan fingerprint density at radius 2 is 1.71 bits per heavy atom. The van der Waals surface area contributed by atoms with Crippen molar-refractivity contribution >= 4 is 32.7 Å². The van der Waals surface area contributed by atoms with Crippen molar-refractivity contribution in [2.24, 2.45) is 0 Å². The largest absolute Gasteiger partial charge is 0.497 e. The molecule has 7 nitrogen and oxygen atoms in total. The lowest BCUT2D eigenvalue weighted by Crippen LogP contribution is -2.09. The molecule has 0 fully saturated rings. The molecule has 0 N–H and O–H groups in total. The molecular weight excluding hydrogens is 462 g/mol. The summed E-state index contributed by atoms with van der Waals surface area (Å²) >= 11 is 3.48. The van der Waals surface area contributed by atoms with Gasteiger partial charge in [0.15, 0.2) is 0 Å². The van der Waals surface area contributed by atoms with Crippen LogP contribution in [0.2, 0.25) is 0 Å². The summed E-state index contributed by atoms with van der Waals surface area (Å²) in [5.74, 6) is 0.974. The Hall–Kier alpha value is -3.39. The van der Waals surface area contributed by atoms with E-state index in [1.165, 1.54) is 0 Å². The number of aromatic nitrogens is 3. The van der Waals surface area contributed by atoms with E-state index in [1.807, 2.05) is 60.7 Å². The third-order valence-corrected chi connectivity index (χ3v) is 5.13. The average Bonchev–Trinajstić information content (AvgIpc) is 3.16. The molecule has 1 aromatic heterocycles. The second kappa shape index (κ2) is 9.18. The molecule has 3 aromatic carbocycles. The number of carbonyl (C=O) groups is 1. The molecule has 4 rings (SSSR count). The number of methoxy groups -OCH3 is 1. The van der Waals surface area contributed by atoms with Crippen molar-refractivity contribution < 1.29 is 19.0 Å². The van der Waals surface area contributed by atoms with Gasteiger partial charge in [0.1, 0.15) is 11.5 Å². The van der Waals surface area contributed by atoms with Crippen LogP contribution in [0.5, 0.6) is 17.4 Å². The molecule has 0 aliphatic rings. The number of rotatable bonds is 7. The smallest absolute Gasteiger partial charge is 0.364 e. The Kier molecular flexibility index (Phi) is 6.18. The quantitative estimate of drug-likeness (QED) is 0.337. The standard InChI is InChI=1S/C23H20BrN3O4/c1-3-30-23(28)21-22(27(26-25-21)14-15-4-9-19(29-2)10-5-15)31-20-11-7-16-12-18(24)8-6-17(16)13-20/h4-13H,3,14H2,1-2H3. The number of fused-ring (bicyclic) bond motifs is 1. The highest BCUT2D eigenvalue weighted by Gasteiger charge is 2.23. The first-order valence-electron chi connectivity index (χ1n) is 9.68. The lowest BCUT2D eigenvalue weighted by molar-refractivity contribution is 0.0516. The van der Waals surface area contributed by atoms with Crippen LogP contribution in [0.1, 0.15) is 23.0 Å². The number of hydrogen-bond acceptors (Lipinski definition) is 6. The summed E-state index contributed by atoms with van der Waals surface area (Å²) in [6.45, 7) is 2.34. The van der Waals surface area contributed by atoms with Gasteiger partial charge in [0, 0.05) is 4.47 Å². The molecule has 0 unspecified atom stereocenters. The summed E-state index contributed by atoms with van der Waals surface area (Å²) in [6.07, 6.45) is 0. The van der Waals surface area contributed by atoms with Crippen molar-refractivity contribution in [1.29, 1.82) is 0 Å². The molecule has 31 heavy (non-hydrogen) atoms. The zero-order chi connectivity index (χ0) is 21.8. The summed E-state index contributed by atoms with van der Waals surface area (Å²) in [5.41, 5.74) is 0.987. The number of halogens is 1. The van der Waals surface area contributed by atoms with E-state index < -0.39 is 5.97 Å². The van der Waals surface area contributed by atoms with Crippen molar-refractivity contribution in [2.75, 3.05) is 13.7 Å². The molecule has 1 heterocycles. The molecular formula is C23H20BrN3O4. The van der Waals surface area contributed by atoms with Crippen LogP contribution in [0, 0.1) is 0 Å². The maximum Gasteiger partial charge on any atom is 0.364 e. The topological polar surface area (TPSA) is 75.5 Å². The molecule has 0 aliphatic carbocycles. The summed E-state index contributed by atoms with van der Waals surface area (Å²) in [7, 11) is 1.62. The Morgan fingerprint density at radius 1 is 1.00 bits per heavy atom. The maximum absolute atomic E-state index is 12.4. The minimum absolute atomic E-state index is 0.0336. The van der Waals surface area contributed by atoms with Crippen LogP contribution < -0.4 is 9.47 Å². The molecule has 0 aliphatic heterocycles. The van der Waals surface area contributed by atoms with Crippen LogP contribution in [-0.4, -0.2) is 34.7 Å². The molecule has 0 radical (unpaired) electrons. The van der Waals surface area contributed by atoms with E-state index in [1.54, 1.807) is 18.7 Å². The van der Waals surface area contributed by atoms with Crippen molar-refractivity contribution in [3.8, 4) is 17.4 Å². The minimum atomic E-state index is -0.580. The van der Waals surface area contributed by atoms with Crippen molar-refractivity contribution in [2.45, 2.75) is 13.5 Å². The van der Waals surface area contributed by atoms with Crippen LogP contribution in [-0.2, 0) is 11.3 Å². The zero-order valence-electron chi connectivity index (χ0n) is 17.0. The summed E-state index contributed by atoms with van der Waals surface area (Å²) < 4.78 is 19.0. The normalized spacial score (nSPS) is 10.8. The molecule has 0 amide bonds. The fourth-order valence-corrected chi connectivity index (χ4v) is 3.49. The van der Waals surface area contributed by atoms with E-state index in [0.29, 0.717) is 12.3 Å². The van der Waals surface area contributed by atoms with E-state index in [0.717, 1.165) is 26.6 Å². The Bertz CT molecular complexity index is 1220. The first kappa shape index (κ1) is 20.9. The van der Waals surface area contributed by atoms with Gasteiger partial charge >= 0.3 is 5.97 Å². The van der Waals surface area contributed by atoms with E-state index >= 15 is 0 Å². The molecule has 158 valence electrons. The highest BCUT2D eigenvalue weighted by Crippen LogP contribution is 2.29. The number of ether oxygens (including phenoxy) is 3. The zero-order valence-corrected chi connectivity index (χ0v) is 18.6. The second-order valence-electron chi connectivity index (χ2n) is 6.72. The second-order valence-corrected chi connectivity index (χ2v) is 7.64. The van der Waals surface area contributed by atoms with Gasteiger partial charge in [0.2, 0.25) is 5.69 Å². The van der Waals surface area contributed by atoms with Crippen molar-refractivity contribution in [3.63, 3.8) is 0 Å². The fraction of sp³-hybridized carbons (Fsp3) is 0.174. The third-order valence-electron chi connectivity index (χ3n) is 4.64. The summed E-state index contributed by atoms with van der Waals surface area (Å²) in [5, 5.41) is 10.2. The van der Waals surface area contributed by atoms with Crippen molar-refractivity contribution in [1.82, 2.24) is 15.0 Å². The van der Waals surface area contributed by atoms with E-state index in [9.17, 15) is 4.79 Å². The number of esters is 1. The van der Waals surface area contributed by atoms with Gasteiger partial charge in [-0.2, -0.15) is 0 Å².